The van der Waals surface area contributed by atoms with Gasteiger partial charge < -0.3 is 14.6 Å². The topological polar surface area (TPSA) is 45.5 Å². The number of rotatable bonds is 6. The fourth-order valence-electron chi connectivity index (χ4n) is 3.42. The highest BCUT2D eigenvalue weighted by atomic mass is 19.1. The minimum atomic E-state index is -0.486. The van der Waals surface area contributed by atoms with E-state index in [9.17, 15) is 9.18 Å². The minimum absolute atomic E-state index is 0.131. The zero-order chi connectivity index (χ0) is 20.8. The number of urea groups is 1. The van der Waals surface area contributed by atoms with Crippen LogP contribution in [0.2, 0.25) is 0 Å². The molecule has 0 atom stereocenters. The predicted octanol–water partition coefficient (Wildman–Crippen LogP) is 6.24. The maximum atomic E-state index is 14.2. The Morgan fingerprint density at radius 2 is 1.43 bits per heavy atom. The molecular formula is C25H21FN2O2. The number of furan rings is 1. The third-order valence-electron chi connectivity index (χ3n) is 4.82. The Kier molecular flexibility index (Phi) is 5.90. The Hall–Kier alpha value is -3.86. The fourth-order valence-corrected chi connectivity index (χ4v) is 3.42. The first kappa shape index (κ1) is 19.5. The molecule has 3 aromatic carbocycles. The summed E-state index contributed by atoms with van der Waals surface area (Å²) in [5.41, 5.74) is 2.02. The molecule has 1 N–H and O–H groups in total. The lowest BCUT2D eigenvalue weighted by molar-refractivity contribution is 0.188. The van der Waals surface area contributed by atoms with Crippen LogP contribution in [0.5, 0.6) is 0 Å². The second kappa shape index (κ2) is 9.09. The van der Waals surface area contributed by atoms with Gasteiger partial charge in [-0.2, -0.15) is 0 Å². The van der Waals surface area contributed by atoms with Gasteiger partial charge in [0.1, 0.15) is 11.6 Å². The molecular weight excluding hydrogens is 379 g/mol. The van der Waals surface area contributed by atoms with E-state index in [2.05, 4.69) is 5.32 Å². The van der Waals surface area contributed by atoms with Crippen LogP contribution in [0.1, 0.15) is 22.9 Å². The third kappa shape index (κ3) is 4.41. The second-order valence-corrected chi connectivity index (χ2v) is 6.84. The average Bonchev–Trinajstić information content (AvgIpc) is 3.30. The number of amides is 2. The average molecular weight is 400 g/mol. The molecule has 150 valence electrons. The van der Waals surface area contributed by atoms with Gasteiger partial charge in [-0.15, -0.1) is 0 Å². The van der Waals surface area contributed by atoms with E-state index >= 15 is 0 Å². The van der Waals surface area contributed by atoms with Gasteiger partial charge in [0.25, 0.3) is 0 Å². The van der Waals surface area contributed by atoms with Crippen molar-refractivity contribution in [2.75, 3.05) is 5.32 Å². The van der Waals surface area contributed by atoms with Crippen molar-refractivity contribution in [2.45, 2.75) is 12.6 Å². The lowest BCUT2D eigenvalue weighted by Crippen LogP contribution is -2.38. The number of carbonyl (C=O) groups excluding carboxylic acids is 1. The molecule has 30 heavy (non-hydrogen) atoms. The molecule has 0 unspecified atom stereocenters. The number of carbonyl (C=O) groups is 1. The highest BCUT2D eigenvalue weighted by molar-refractivity contribution is 5.90. The van der Waals surface area contributed by atoms with Gasteiger partial charge in [-0.1, -0.05) is 72.8 Å². The van der Waals surface area contributed by atoms with Gasteiger partial charge in [-0.05, 0) is 35.4 Å². The SMILES string of the molecule is O=C(Nc1ccccc1F)N(Cc1ccco1)C(c1ccccc1)c1ccccc1. The summed E-state index contributed by atoms with van der Waals surface area (Å²) in [5.74, 6) is 0.148. The molecule has 0 aliphatic carbocycles. The van der Waals surface area contributed by atoms with Crippen molar-refractivity contribution in [1.82, 2.24) is 4.90 Å². The van der Waals surface area contributed by atoms with Gasteiger partial charge in [0.05, 0.1) is 24.5 Å². The zero-order valence-electron chi connectivity index (χ0n) is 16.2. The number of halogens is 1. The number of anilines is 1. The summed E-state index contributed by atoms with van der Waals surface area (Å²) >= 11 is 0. The second-order valence-electron chi connectivity index (χ2n) is 6.84. The minimum Gasteiger partial charge on any atom is -0.467 e. The molecule has 0 aliphatic rings. The molecule has 4 rings (SSSR count). The van der Waals surface area contributed by atoms with Gasteiger partial charge in [0.15, 0.2) is 0 Å². The smallest absolute Gasteiger partial charge is 0.323 e. The first-order valence-corrected chi connectivity index (χ1v) is 9.67. The summed E-state index contributed by atoms with van der Waals surface area (Å²) in [6.45, 7) is 0.224. The van der Waals surface area contributed by atoms with E-state index in [0.29, 0.717) is 5.76 Å². The first-order chi connectivity index (χ1) is 14.7. The highest BCUT2D eigenvalue weighted by Crippen LogP contribution is 2.31. The number of hydrogen-bond acceptors (Lipinski definition) is 2. The Morgan fingerprint density at radius 3 is 2.00 bits per heavy atom. The molecule has 1 aromatic heterocycles. The van der Waals surface area contributed by atoms with E-state index in [4.69, 9.17) is 4.42 Å². The van der Waals surface area contributed by atoms with Crippen LogP contribution >= 0.6 is 0 Å². The van der Waals surface area contributed by atoms with E-state index in [1.54, 1.807) is 35.4 Å². The molecule has 0 fully saturated rings. The van der Waals surface area contributed by atoms with Gasteiger partial charge in [-0.25, -0.2) is 9.18 Å². The Bertz CT molecular complexity index is 1040. The monoisotopic (exact) mass is 400 g/mol. The third-order valence-corrected chi connectivity index (χ3v) is 4.82. The van der Waals surface area contributed by atoms with Crippen molar-refractivity contribution in [2.24, 2.45) is 0 Å². The molecule has 4 nitrogen and oxygen atoms in total. The Labute approximate surface area is 174 Å². The van der Waals surface area contributed by atoms with Crippen molar-refractivity contribution < 1.29 is 13.6 Å². The molecule has 5 heteroatoms. The van der Waals surface area contributed by atoms with Crippen LogP contribution in [0.4, 0.5) is 14.9 Å². The lowest BCUT2D eigenvalue weighted by Gasteiger charge is -2.32. The van der Waals surface area contributed by atoms with Crippen molar-refractivity contribution >= 4 is 11.7 Å². The van der Waals surface area contributed by atoms with E-state index < -0.39 is 11.8 Å². The molecule has 0 saturated heterocycles. The summed E-state index contributed by atoms with van der Waals surface area (Å²) in [6.07, 6.45) is 1.57. The molecule has 0 bridgehead atoms. The van der Waals surface area contributed by atoms with Gasteiger partial charge in [0, 0.05) is 0 Å². The number of benzene rings is 3. The van der Waals surface area contributed by atoms with E-state index in [-0.39, 0.29) is 18.3 Å². The maximum Gasteiger partial charge on any atom is 0.323 e. The van der Waals surface area contributed by atoms with E-state index in [0.717, 1.165) is 11.1 Å². The standard InChI is InChI=1S/C25H21FN2O2/c26-22-15-7-8-16-23(22)27-25(29)28(18-21-14-9-17-30-21)24(19-10-3-1-4-11-19)20-12-5-2-6-13-20/h1-17,24H,18H2,(H,27,29). The van der Waals surface area contributed by atoms with Crippen LogP contribution in [0.25, 0.3) is 0 Å². The number of nitrogens with zero attached hydrogens (tertiary/aromatic N) is 1. The summed E-state index contributed by atoms with van der Waals surface area (Å²) < 4.78 is 19.7. The number of nitrogens with one attached hydrogen (secondary N) is 1. The van der Waals surface area contributed by atoms with E-state index in [1.807, 2.05) is 66.7 Å². The molecule has 1 heterocycles. The van der Waals surface area contributed by atoms with Crippen LogP contribution < -0.4 is 5.32 Å². The van der Waals surface area contributed by atoms with Crippen LogP contribution in [-0.4, -0.2) is 10.9 Å². The van der Waals surface area contributed by atoms with Crippen LogP contribution in [0.3, 0.4) is 0 Å². The predicted molar refractivity (Wildman–Crippen MR) is 114 cm³/mol. The summed E-state index contributed by atoms with van der Waals surface area (Å²) in [7, 11) is 0. The van der Waals surface area contributed by atoms with Crippen molar-refractivity contribution in [1.29, 1.82) is 0 Å². The maximum absolute atomic E-state index is 14.2. The number of para-hydroxylation sites is 1. The van der Waals surface area contributed by atoms with Gasteiger partial charge >= 0.3 is 6.03 Å². The zero-order valence-corrected chi connectivity index (χ0v) is 16.2. The molecule has 4 aromatic rings. The molecule has 0 radical (unpaired) electrons. The molecule has 0 aliphatic heterocycles. The lowest BCUT2D eigenvalue weighted by atomic mass is 9.97. The Morgan fingerprint density at radius 1 is 0.833 bits per heavy atom. The largest absolute Gasteiger partial charge is 0.467 e. The van der Waals surface area contributed by atoms with E-state index in [1.165, 1.54) is 6.07 Å². The first-order valence-electron chi connectivity index (χ1n) is 9.67. The summed E-state index contributed by atoms with van der Waals surface area (Å²) in [4.78, 5) is 15.0. The van der Waals surface area contributed by atoms with Crippen LogP contribution in [0.15, 0.2) is 108 Å². The van der Waals surface area contributed by atoms with Gasteiger partial charge in [-0.3, -0.25) is 0 Å². The summed E-state index contributed by atoms with van der Waals surface area (Å²) in [5, 5.41) is 2.71. The summed E-state index contributed by atoms with van der Waals surface area (Å²) in [6, 6.07) is 28.4. The van der Waals surface area contributed by atoms with Gasteiger partial charge in [0.2, 0.25) is 0 Å². The number of hydrogen-bond donors (Lipinski definition) is 1. The quantitative estimate of drug-likeness (QED) is 0.416. The van der Waals surface area contributed by atoms with Crippen molar-refractivity contribution in [3.05, 3.63) is 126 Å². The van der Waals surface area contributed by atoms with Crippen molar-refractivity contribution in [3.8, 4) is 0 Å². The van der Waals surface area contributed by atoms with Crippen LogP contribution in [-0.2, 0) is 6.54 Å². The fraction of sp³-hybridized carbons (Fsp3) is 0.0800. The normalized spacial score (nSPS) is 10.7. The molecule has 0 saturated carbocycles. The van der Waals surface area contributed by atoms with Crippen molar-refractivity contribution in [3.63, 3.8) is 0 Å². The Balaban J connectivity index is 1.75. The highest BCUT2D eigenvalue weighted by Gasteiger charge is 2.28. The molecule has 0 spiro atoms. The molecule has 2 amide bonds. The van der Waals surface area contributed by atoms with Crippen LogP contribution in [0, 0.1) is 5.82 Å².